The number of aryl methyl sites for hydroxylation is 1. The van der Waals surface area contributed by atoms with Crippen LogP contribution in [0.3, 0.4) is 0 Å². The van der Waals surface area contributed by atoms with Crippen molar-refractivity contribution >= 4 is 23.5 Å². The van der Waals surface area contributed by atoms with Crippen molar-refractivity contribution in [2.24, 2.45) is 0 Å². The van der Waals surface area contributed by atoms with Gasteiger partial charge in [0.15, 0.2) is 6.61 Å². The van der Waals surface area contributed by atoms with Crippen LogP contribution < -0.4 is 10.9 Å². The normalized spacial score (nSPS) is 10.0. The first kappa shape index (κ1) is 19.5. The van der Waals surface area contributed by atoms with E-state index in [-0.39, 0.29) is 22.4 Å². The largest absolute Gasteiger partial charge is 0.452 e. The molecule has 10 heteroatoms. The Bertz CT molecular complexity index is 898. The van der Waals surface area contributed by atoms with Crippen molar-refractivity contribution in [2.45, 2.75) is 6.92 Å². The summed E-state index contributed by atoms with van der Waals surface area (Å²) >= 11 is 0. The number of amides is 2. The van der Waals surface area contributed by atoms with Gasteiger partial charge in [0.1, 0.15) is 5.82 Å². The highest BCUT2D eigenvalue weighted by Crippen LogP contribution is 2.19. The summed E-state index contributed by atoms with van der Waals surface area (Å²) in [5.74, 6) is -2.85. The summed E-state index contributed by atoms with van der Waals surface area (Å²) in [6, 6.07) is 8.28. The molecule has 0 spiro atoms. The number of nitrogens with zero attached hydrogens (tertiary/aromatic N) is 1. The zero-order valence-electron chi connectivity index (χ0n) is 14.0. The van der Waals surface area contributed by atoms with Crippen LogP contribution in [-0.2, 0) is 9.53 Å². The third kappa shape index (κ3) is 5.33. The van der Waals surface area contributed by atoms with Crippen molar-refractivity contribution in [3.8, 4) is 0 Å². The minimum absolute atomic E-state index is 0.0428. The van der Waals surface area contributed by atoms with E-state index in [0.717, 1.165) is 18.2 Å². The molecular formula is C17H14FN3O6. The number of hydrogen-bond donors (Lipinski definition) is 2. The van der Waals surface area contributed by atoms with Gasteiger partial charge in [-0.25, -0.2) is 9.18 Å². The maximum Gasteiger partial charge on any atom is 0.338 e. The van der Waals surface area contributed by atoms with E-state index in [1.54, 1.807) is 0 Å². The lowest BCUT2D eigenvalue weighted by atomic mass is 10.1. The minimum Gasteiger partial charge on any atom is -0.452 e. The lowest BCUT2D eigenvalue weighted by Crippen LogP contribution is -2.43. The molecule has 2 amide bonds. The molecule has 0 radical (unpaired) electrons. The molecule has 0 aliphatic rings. The molecule has 0 atom stereocenters. The van der Waals surface area contributed by atoms with Gasteiger partial charge in [-0.15, -0.1) is 0 Å². The van der Waals surface area contributed by atoms with Crippen molar-refractivity contribution in [2.75, 3.05) is 6.61 Å². The number of ether oxygens (including phenoxy) is 1. The second-order valence-electron chi connectivity index (χ2n) is 5.34. The summed E-state index contributed by atoms with van der Waals surface area (Å²) in [5.41, 5.74) is 4.41. The van der Waals surface area contributed by atoms with Crippen LogP contribution in [0.15, 0.2) is 42.5 Å². The zero-order chi connectivity index (χ0) is 20.0. The molecule has 2 aromatic rings. The number of hydrogen-bond acceptors (Lipinski definition) is 6. The molecule has 0 saturated carbocycles. The molecule has 0 unspecified atom stereocenters. The SMILES string of the molecule is Cc1cc(C(=O)OCC(=O)NNC(=O)c2ccc(F)cc2)ccc1[N+](=O)[O-]. The summed E-state index contributed by atoms with van der Waals surface area (Å²) in [7, 11) is 0. The van der Waals surface area contributed by atoms with E-state index in [1.165, 1.54) is 31.2 Å². The van der Waals surface area contributed by atoms with Crippen LogP contribution in [-0.4, -0.2) is 29.3 Å². The number of rotatable bonds is 5. The number of benzene rings is 2. The number of nitro groups is 1. The van der Waals surface area contributed by atoms with E-state index in [2.05, 4.69) is 5.43 Å². The van der Waals surface area contributed by atoms with Gasteiger partial charge in [-0.2, -0.15) is 0 Å². The molecule has 0 aromatic heterocycles. The Kier molecular flexibility index (Phi) is 6.15. The van der Waals surface area contributed by atoms with Gasteiger partial charge in [0, 0.05) is 17.2 Å². The molecule has 0 aliphatic heterocycles. The quantitative estimate of drug-likeness (QED) is 0.465. The van der Waals surface area contributed by atoms with Crippen LogP contribution in [0.25, 0.3) is 0 Å². The predicted octanol–water partition coefficient (Wildman–Crippen LogP) is 1.66. The first-order valence-electron chi connectivity index (χ1n) is 7.55. The second kappa shape index (κ2) is 8.52. The smallest absolute Gasteiger partial charge is 0.338 e. The monoisotopic (exact) mass is 375 g/mol. The number of esters is 1. The van der Waals surface area contributed by atoms with Crippen LogP contribution >= 0.6 is 0 Å². The third-order valence-corrected chi connectivity index (χ3v) is 3.39. The Hall–Kier alpha value is -3.82. The number of carbonyl (C=O) groups is 3. The Morgan fingerprint density at radius 1 is 1.07 bits per heavy atom. The molecule has 0 heterocycles. The molecular weight excluding hydrogens is 361 g/mol. The van der Waals surface area contributed by atoms with Crippen LogP contribution in [0.2, 0.25) is 0 Å². The summed E-state index contributed by atoms with van der Waals surface area (Å²) < 4.78 is 17.6. The van der Waals surface area contributed by atoms with E-state index in [4.69, 9.17) is 4.74 Å². The van der Waals surface area contributed by atoms with E-state index in [9.17, 15) is 28.9 Å². The van der Waals surface area contributed by atoms with Crippen molar-refractivity contribution in [1.29, 1.82) is 0 Å². The van der Waals surface area contributed by atoms with E-state index >= 15 is 0 Å². The van der Waals surface area contributed by atoms with Crippen molar-refractivity contribution in [3.63, 3.8) is 0 Å². The summed E-state index contributed by atoms with van der Waals surface area (Å²) in [5, 5.41) is 10.7. The molecule has 2 aromatic carbocycles. The van der Waals surface area contributed by atoms with Gasteiger partial charge < -0.3 is 4.74 Å². The second-order valence-corrected chi connectivity index (χ2v) is 5.34. The number of carbonyl (C=O) groups excluding carboxylic acids is 3. The van der Waals surface area contributed by atoms with Crippen molar-refractivity contribution in [1.82, 2.24) is 10.9 Å². The molecule has 27 heavy (non-hydrogen) atoms. The molecule has 0 aliphatic carbocycles. The Morgan fingerprint density at radius 3 is 2.30 bits per heavy atom. The fourth-order valence-corrected chi connectivity index (χ4v) is 2.04. The van der Waals surface area contributed by atoms with E-state index in [0.29, 0.717) is 0 Å². The van der Waals surface area contributed by atoms with Crippen LogP contribution in [0, 0.1) is 22.9 Å². The van der Waals surface area contributed by atoms with Gasteiger partial charge in [0.2, 0.25) is 0 Å². The zero-order valence-corrected chi connectivity index (χ0v) is 14.0. The third-order valence-electron chi connectivity index (χ3n) is 3.39. The van der Waals surface area contributed by atoms with Gasteiger partial charge in [-0.1, -0.05) is 0 Å². The summed E-state index contributed by atoms with van der Waals surface area (Å²) in [4.78, 5) is 45.4. The molecule has 0 saturated heterocycles. The highest BCUT2D eigenvalue weighted by atomic mass is 19.1. The molecule has 2 N–H and O–H groups in total. The Balaban J connectivity index is 1.83. The van der Waals surface area contributed by atoms with Gasteiger partial charge in [0.25, 0.3) is 17.5 Å². The van der Waals surface area contributed by atoms with Crippen molar-refractivity contribution in [3.05, 3.63) is 75.1 Å². The van der Waals surface area contributed by atoms with Crippen LogP contribution in [0.1, 0.15) is 26.3 Å². The maximum atomic E-state index is 12.8. The summed E-state index contributed by atoms with van der Waals surface area (Å²) in [6.45, 7) is 0.783. The fourth-order valence-electron chi connectivity index (χ4n) is 2.04. The van der Waals surface area contributed by atoms with Gasteiger partial charge in [0.05, 0.1) is 10.5 Å². The van der Waals surface area contributed by atoms with E-state index < -0.39 is 35.1 Å². The molecule has 0 fully saturated rings. The number of hydrazine groups is 1. The lowest BCUT2D eigenvalue weighted by molar-refractivity contribution is -0.385. The average molecular weight is 375 g/mol. The number of halogens is 1. The van der Waals surface area contributed by atoms with Gasteiger partial charge in [-0.3, -0.25) is 30.6 Å². The van der Waals surface area contributed by atoms with Crippen molar-refractivity contribution < 1.29 is 28.4 Å². The lowest BCUT2D eigenvalue weighted by Gasteiger charge is -2.08. The topological polar surface area (TPSA) is 128 Å². The number of nitrogens with one attached hydrogen (secondary N) is 2. The van der Waals surface area contributed by atoms with Crippen LogP contribution in [0.4, 0.5) is 10.1 Å². The fraction of sp³-hybridized carbons (Fsp3) is 0.118. The molecule has 9 nitrogen and oxygen atoms in total. The van der Waals surface area contributed by atoms with Crippen LogP contribution in [0.5, 0.6) is 0 Å². The highest BCUT2D eigenvalue weighted by Gasteiger charge is 2.16. The highest BCUT2D eigenvalue weighted by molar-refractivity contribution is 5.96. The Morgan fingerprint density at radius 2 is 1.70 bits per heavy atom. The molecule has 140 valence electrons. The summed E-state index contributed by atoms with van der Waals surface area (Å²) in [6.07, 6.45) is 0. The standard InChI is InChI=1S/C17H14FN3O6/c1-10-8-12(4-7-14(10)21(25)26)17(24)27-9-15(22)19-20-16(23)11-2-5-13(18)6-3-11/h2-8H,9H2,1H3,(H,19,22)(H,20,23). The Labute approximate surface area is 152 Å². The minimum atomic E-state index is -0.854. The number of nitro benzene ring substituents is 1. The maximum absolute atomic E-state index is 12.8. The van der Waals surface area contributed by atoms with Gasteiger partial charge in [-0.05, 0) is 43.3 Å². The molecule has 0 bridgehead atoms. The first-order chi connectivity index (χ1) is 12.8. The van der Waals surface area contributed by atoms with Gasteiger partial charge >= 0.3 is 5.97 Å². The molecule has 2 rings (SSSR count). The first-order valence-corrected chi connectivity index (χ1v) is 7.55. The van der Waals surface area contributed by atoms with E-state index in [1.807, 2.05) is 5.43 Å². The average Bonchev–Trinajstić information content (AvgIpc) is 2.64. The predicted molar refractivity (Wildman–Crippen MR) is 90.1 cm³/mol.